The fraction of sp³-hybridized carbons (Fsp3) is 0.231. The van der Waals surface area contributed by atoms with Crippen molar-refractivity contribution in [2.75, 3.05) is 0 Å². The van der Waals surface area contributed by atoms with Crippen LogP contribution in [0, 0.1) is 0 Å². The second-order valence-corrected chi connectivity index (χ2v) is 7.52. The van der Waals surface area contributed by atoms with Crippen molar-refractivity contribution in [3.63, 3.8) is 0 Å². The SMILES string of the molecule is NCc1ccc(CNC(=O)CCC(=O)N(Cc2ccccc2)Cc2ccccc2)cc1. The highest BCUT2D eigenvalue weighted by atomic mass is 16.2. The minimum Gasteiger partial charge on any atom is -0.352 e. The molecule has 0 aliphatic heterocycles. The molecule has 0 radical (unpaired) electrons. The van der Waals surface area contributed by atoms with Gasteiger partial charge in [-0.05, 0) is 22.3 Å². The maximum atomic E-state index is 12.9. The molecule has 0 aromatic heterocycles. The van der Waals surface area contributed by atoms with Gasteiger partial charge in [0.1, 0.15) is 0 Å². The Balaban J connectivity index is 1.53. The number of rotatable bonds is 10. The van der Waals surface area contributed by atoms with E-state index in [1.807, 2.05) is 89.8 Å². The summed E-state index contributed by atoms with van der Waals surface area (Å²) in [5.74, 6) is -0.161. The molecular weight excluding hydrogens is 386 g/mol. The summed E-state index contributed by atoms with van der Waals surface area (Å²) in [6.45, 7) is 1.97. The van der Waals surface area contributed by atoms with Crippen molar-refractivity contribution in [3.05, 3.63) is 107 Å². The predicted molar refractivity (Wildman–Crippen MR) is 123 cm³/mol. The highest BCUT2D eigenvalue weighted by Crippen LogP contribution is 2.12. The van der Waals surface area contributed by atoms with Crippen LogP contribution in [-0.4, -0.2) is 16.7 Å². The third-order valence-electron chi connectivity index (χ3n) is 5.10. The Kier molecular flexibility index (Phi) is 8.38. The van der Waals surface area contributed by atoms with Crippen molar-refractivity contribution < 1.29 is 9.59 Å². The maximum absolute atomic E-state index is 12.9. The van der Waals surface area contributed by atoms with E-state index in [1.54, 1.807) is 0 Å². The molecule has 3 aromatic rings. The molecule has 3 rings (SSSR count). The van der Waals surface area contributed by atoms with Gasteiger partial charge in [0.05, 0.1) is 0 Å². The number of benzene rings is 3. The van der Waals surface area contributed by atoms with Gasteiger partial charge < -0.3 is 16.0 Å². The van der Waals surface area contributed by atoms with E-state index in [1.165, 1.54) is 0 Å². The molecule has 0 heterocycles. The van der Waals surface area contributed by atoms with Gasteiger partial charge in [-0.3, -0.25) is 9.59 Å². The molecule has 0 unspecified atom stereocenters. The van der Waals surface area contributed by atoms with Crippen LogP contribution in [0.15, 0.2) is 84.9 Å². The zero-order valence-corrected chi connectivity index (χ0v) is 17.7. The molecular formula is C26H29N3O2. The summed E-state index contributed by atoms with van der Waals surface area (Å²) < 4.78 is 0. The van der Waals surface area contributed by atoms with Crippen LogP contribution in [0.1, 0.15) is 35.1 Å². The first kappa shape index (κ1) is 22.2. The number of nitrogens with two attached hydrogens (primary N) is 1. The molecule has 3 aromatic carbocycles. The maximum Gasteiger partial charge on any atom is 0.223 e. The summed E-state index contributed by atoms with van der Waals surface area (Å²) in [6.07, 6.45) is 0.345. The van der Waals surface area contributed by atoms with E-state index in [4.69, 9.17) is 5.73 Å². The molecule has 31 heavy (non-hydrogen) atoms. The summed E-state index contributed by atoms with van der Waals surface area (Å²) in [7, 11) is 0. The van der Waals surface area contributed by atoms with Gasteiger partial charge >= 0.3 is 0 Å². The Morgan fingerprint density at radius 3 is 1.71 bits per heavy atom. The highest BCUT2D eigenvalue weighted by molar-refractivity contribution is 5.83. The van der Waals surface area contributed by atoms with Crippen molar-refractivity contribution in [2.45, 2.75) is 39.0 Å². The fourth-order valence-corrected chi connectivity index (χ4v) is 3.30. The van der Waals surface area contributed by atoms with Crippen molar-refractivity contribution >= 4 is 11.8 Å². The van der Waals surface area contributed by atoms with Crippen LogP contribution in [0.3, 0.4) is 0 Å². The van der Waals surface area contributed by atoms with Crippen LogP contribution < -0.4 is 11.1 Å². The van der Waals surface area contributed by atoms with E-state index in [-0.39, 0.29) is 24.7 Å². The van der Waals surface area contributed by atoms with Gasteiger partial charge in [-0.15, -0.1) is 0 Å². The first-order chi connectivity index (χ1) is 15.1. The second-order valence-electron chi connectivity index (χ2n) is 7.52. The molecule has 0 saturated heterocycles. The molecule has 0 spiro atoms. The van der Waals surface area contributed by atoms with Gasteiger partial charge in [0.2, 0.25) is 11.8 Å². The lowest BCUT2D eigenvalue weighted by molar-refractivity contribution is -0.134. The molecule has 0 bridgehead atoms. The summed E-state index contributed by atoms with van der Waals surface area (Å²) in [5.41, 5.74) is 9.80. The Morgan fingerprint density at radius 1 is 0.677 bits per heavy atom. The normalized spacial score (nSPS) is 10.5. The number of hydrogen-bond acceptors (Lipinski definition) is 3. The number of nitrogens with zero attached hydrogens (tertiary/aromatic N) is 1. The number of amides is 2. The smallest absolute Gasteiger partial charge is 0.223 e. The van der Waals surface area contributed by atoms with Crippen molar-refractivity contribution in [1.29, 1.82) is 0 Å². The molecule has 0 saturated carbocycles. The van der Waals surface area contributed by atoms with E-state index >= 15 is 0 Å². The minimum absolute atomic E-state index is 0.0323. The lowest BCUT2D eigenvalue weighted by Crippen LogP contribution is -2.31. The lowest BCUT2D eigenvalue weighted by Gasteiger charge is -2.23. The van der Waals surface area contributed by atoms with Crippen molar-refractivity contribution in [2.24, 2.45) is 5.73 Å². The zero-order chi connectivity index (χ0) is 21.9. The molecule has 5 heteroatoms. The zero-order valence-electron chi connectivity index (χ0n) is 17.7. The monoisotopic (exact) mass is 415 g/mol. The summed E-state index contributed by atoms with van der Waals surface area (Å²) in [5, 5.41) is 2.89. The van der Waals surface area contributed by atoms with Gasteiger partial charge in [0, 0.05) is 39.0 Å². The van der Waals surface area contributed by atoms with Crippen LogP contribution in [0.4, 0.5) is 0 Å². The molecule has 2 amide bonds. The highest BCUT2D eigenvalue weighted by Gasteiger charge is 2.16. The van der Waals surface area contributed by atoms with Gasteiger partial charge in [-0.2, -0.15) is 0 Å². The van der Waals surface area contributed by atoms with Crippen LogP contribution >= 0.6 is 0 Å². The van der Waals surface area contributed by atoms with Gasteiger partial charge in [-0.25, -0.2) is 0 Å². The van der Waals surface area contributed by atoms with Crippen LogP contribution in [0.25, 0.3) is 0 Å². The third kappa shape index (κ3) is 7.39. The van der Waals surface area contributed by atoms with E-state index in [2.05, 4.69) is 5.32 Å². The standard InChI is InChI=1S/C26H29N3O2/c27-17-21-11-13-22(14-12-21)18-28-25(30)15-16-26(31)29(19-23-7-3-1-4-8-23)20-24-9-5-2-6-10-24/h1-14H,15-20,27H2,(H,28,30). The molecule has 5 nitrogen and oxygen atoms in total. The van der Waals surface area contributed by atoms with E-state index in [9.17, 15) is 9.59 Å². The van der Waals surface area contributed by atoms with E-state index in [0.29, 0.717) is 26.2 Å². The number of carbonyl (C=O) groups is 2. The van der Waals surface area contributed by atoms with Gasteiger partial charge in [0.25, 0.3) is 0 Å². The van der Waals surface area contributed by atoms with Crippen LogP contribution in [-0.2, 0) is 35.8 Å². The largest absolute Gasteiger partial charge is 0.352 e. The second kappa shape index (κ2) is 11.7. The average Bonchev–Trinajstić information content (AvgIpc) is 2.82. The molecule has 0 aliphatic rings. The average molecular weight is 416 g/mol. The Morgan fingerprint density at radius 2 is 1.19 bits per heavy atom. The third-order valence-corrected chi connectivity index (χ3v) is 5.10. The first-order valence-electron chi connectivity index (χ1n) is 10.5. The molecule has 160 valence electrons. The Hall–Kier alpha value is -3.44. The van der Waals surface area contributed by atoms with E-state index in [0.717, 1.165) is 22.3 Å². The predicted octanol–water partition coefficient (Wildman–Crippen LogP) is 3.77. The molecule has 0 aliphatic carbocycles. The van der Waals surface area contributed by atoms with Crippen molar-refractivity contribution in [1.82, 2.24) is 10.2 Å². The van der Waals surface area contributed by atoms with E-state index < -0.39 is 0 Å². The summed E-state index contributed by atoms with van der Waals surface area (Å²) in [6, 6.07) is 27.6. The fourth-order valence-electron chi connectivity index (χ4n) is 3.30. The molecule has 3 N–H and O–H groups in total. The number of hydrogen-bond donors (Lipinski definition) is 2. The number of carbonyl (C=O) groups excluding carboxylic acids is 2. The summed E-state index contributed by atoms with van der Waals surface area (Å²) >= 11 is 0. The Labute approximate surface area is 183 Å². The number of nitrogens with one attached hydrogen (secondary N) is 1. The quantitative estimate of drug-likeness (QED) is 0.529. The van der Waals surface area contributed by atoms with Crippen LogP contribution in [0.2, 0.25) is 0 Å². The van der Waals surface area contributed by atoms with Gasteiger partial charge in [0.15, 0.2) is 0 Å². The van der Waals surface area contributed by atoms with Gasteiger partial charge in [-0.1, -0.05) is 84.9 Å². The molecule has 0 fully saturated rings. The van der Waals surface area contributed by atoms with Crippen molar-refractivity contribution in [3.8, 4) is 0 Å². The topological polar surface area (TPSA) is 75.4 Å². The van der Waals surface area contributed by atoms with Crippen LogP contribution in [0.5, 0.6) is 0 Å². The summed E-state index contributed by atoms with van der Waals surface area (Å²) in [4.78, 5) is 27.0. The first-order valence-corrected chi connectivity index (χ1v) is 10.5. The molecule has 0 atom stereocenters. The Bertz CT molecular complexity index is 915. The minimum atomic E-state index is -0.129. The lowest BCUT2D eigenvalue weighted by atomic mass is 10.1.